The first-order valence-electron chi connectivity index (χ1n) is 7.11. The molecular formula is C17H14N2O3S. The highest BCUT2D eigenvalue weighted by Gasteiger charge is 2.23. The van der Waals surface area contributed by atoms with Crippen LogP contribution in [0.15, 0.2) is 46.1 Å². The molecule has 1 aromatic heterocycles. The molecule has 0 saturated heterocycles. The van der Waals surface area contributed by atoms with Crippen molar-refractivity contribution >= 4 is 22.7 Å². The van der Waals surface area contributed by atoms with E-state index in [1.165, 1.54) is 0 Å². The fourth-order valence-corrected chi connectivity index (χ4v) is 3.79. The summed E-state index contributed by atoms with van der Waals surface area (Å²) >= 11 is 1.59. The molecule has 5 nitrogen and oxygen atoms in total. The van der Waals surface area contributed by atoms with E-state index in [0.29, 0.717) is 34.1 Å². The Morgan fingerprint density at radius 3 is 2.65 bits per heavy atom. The Labute approximate surface area is 136 Å². The highest BCUT2D eigenvalue weighted by Crippen LogP contribution is 2.43. The molecule has 0 saturated carbocycles. The molecule has 0 aliphatic carbocycles. The molecule has 0 N–H and O–H groups in total. The molecule has 23 heavy (non-hydrogen) atoms. The van der Waals surface area contributed by atoms with Gasteiger partial charge in [0.15, 0.2) is 11.5 Å². The Morgan fingerprint density at radius 1 is 1.13 bits per heavy atom. The fraction of sp³-hybridized carbons (Fsp3) is 0.176. The molecule has 0 fully saturated rings. The molecule has 0 unspecified atom stereocenters. The van der Waals surface area contributed by atoms with Gasteiger partial charge in [-0.15, -0.1) is 11.8 Å². The standard InChI is InChI=1S/C17H14N2O3S/c1-21-13-7-11-15(8-14(13)22-2)23-9-19-16(11)18-12-6-4-3-5-10(12)17(19)20/h3-8H,9H2,1-2H3. The van der Waals surface area contributed by atoms with Crippen LogP contribution in [0, 0.1) is 0 Å². The molecule has 116 valence electrons. The maximum absolute atomic E-state index is 12.7. The van der Waals surface area contributed by atoms with Gasteiger partial charge in [-0.1, -0.05) is 12.1 Å². The van der Waals surface area contributed by atoms with Crippen molar-refractivity contribution in [3.8, 4) is 22.9 Å². The van der Waals surface area contributed by atoms with Crippen molar-refractivity contribution < 1.29 is 9.47 Å². The van der Waals surface area contributed by atoms with Gasteiger partial charge in [-0.2, -0.15) is 0 Å². The topological polar surface area (TPSA) is 53.4 Å². The minimum Gasteiger partial charge on any atom is -0.493 e. The third kappa shape index (κ3) is 2.09. The van der Waals surface area contributed by atoms with Gasteiger partial charge in [-0.25, -0.2) is 4.98 Å². The number of nitrogens with zero attached hydrogens (tertiary/aromatic N) is 2. The van der Waals surface area contributed by atoms with E-state index in [2.05, 4.69) is 0 Å². The van der Waals surface area contributed by atoms with E-state index in [0.717, 1.165) is 10.5 Å². The second-order valence-electron chi connectivity index (χ2n) is 5.16. The Morgan fingerprint density at radius 2 is 1.87 bits per heavy atom. The molecule has 3 aromatic rings. The van der Waals surface area contributed by atoms with E-state index >= 15 is 0 Å². The summed E-state index contributed by atoms with van der Waals surface area (Å²) in [7, 11) is 3.21. The van der Waals surface area contributed by atoms with Crippen molar-refractivity contribution in [2.75, 3.05) is 14.2 Å². The van der Waals surface area contributed by atoms with Gasteiger partial charge in [0, 0.05) is 10.5 Å². The second kappa shape index (κ2) is 5.31. The van der Waals surface area contributed by atoms with E-state index in [9.17, 15) is 4.79 Å². The lowest BCUT2D eigenvalue weighted by molar-refractivity contribution is 0.354. The zero-order valence-corrected chi connectivity index (χ0v) is 13.5. The first-order valence-corrected chi connectivity index (χ1v) is 8.10. The van der Waals surface area contributed by atoms with Crippen LogP contribution in [0.25, 0.3) is 22.3 Å². The van der Waals surface area contributed by atoms with E-state index in [1.54, 1.807) is 30.5 Å². The third-order valence-corrected chi connectivity index (χ3v) is 4.97. The average Bonchev–Trinajstić information content (AvgIpc) is 2.60. The minimum absolute atomic E-state index is 0.0152. The Kier molecular flexibility index (Phi) is 3.27. The van der Waals surface area contributed by atoms with E-state index in [4.69, 9.17) is 14.5 Å². The maximum Gasteiger partial charge on any atom is 0.262 e. The molecule has 4 rings (SSSR count). The smallest absolute Gasteiger partial charge is 0.262 e. The van der Waals surface area contributed by atoms with Crippen LogP contribution in [0.5, 0.6) is 11.5 Å². The molecule has 1 aliphatic rings. The Hall–Kier alpha value is -2.47. The Bertz CT molecular complexity index is 981. The quantitative estimate of drug-likeness (QED) is 0.724. The first kappa shape index (κ1) is 14.1. The van der Waals surface area contributed by atoms with Crippen LogP contribution in [0.4, 0.5) is 0 Å². The van der Waals surface area contributed by atoms with E-state index in [-0.39, 0.29) is 5.56 Å². The monoisotopic (exact) mass is 326 g/mol. The number of hydrogen-bond donors (Lipinski definition) is 0. The molecule has 2 aromatic carbocycles. The highest BCUT2D eigenvalue weighted by molar-refractivity contribution is 7.98. The van der Waals surface area contributed by atoms with Crippen molar-refractivity contribution in [1.82, 2.24) is 9.55 Å². The number of benzene rings is 2. The van der Waals surface area contributed by atoms with Gasteiger partial charge < -0.3 is 9.47 Å². The first-order chi connectivity index (χ1) is 11.2. The number of para-hydroxylation sites is 1. The lowest BCUT2D eigenvalue weighted by atomic mass is 10.1. The molecular weight excluding hydrogens is 312 g/mol. The average molecular weight is 326 g/mol. The highest BCUT2D eigenvalue weighted by atomic mass is 32.2. The lowest BCUT2D eigenvalue weighted by Gasteiger charge is -2.22. The van der Waals surface area contributed by atoms with Crippen LogP contribution in [-0.4, -0.2) is 23.8 Å². The largest absolute Gasteiger partial charge is 0.493 e. The van der Waals surface area contributed by atoms with E-state index < -0.39 is 0 Å². The molecule has 0 atom stereocenters. The number of hydrogen-bond acceptors (Lipinski definition) is 5. The summed E-state index contributed by atoms with van der Waals surface area (Å²) in [5, 5.41) is 0.640. The number of fused-ring (bicyclic) bond motifs is 4. The summed E-state index contributed by atoms with van der Waals surface area (Å²) in [5.74, 6) is 2.51. The summed E-state index contributed by atoms with van der Waals surface area (Å²) in [6, 6.07) is 11.2. The van der Waals surface area contributed by atoms with Gasteiger partial charge >= 0.3 is 0 Å². The predicted octanol–water partition coefficient (Wildman–Crippen LogP) is 3.14. The van der Waals surface area contributed by atoms with Gasteiger partial charge in [0.1, 0.15) is 5.82 Å². The van der Waals surface area contributed by atoms with Gasteiger partial charge in [0.25, 0.3) is 5.56 Å². The van der Waals surface area contributed by atoms with Crippen LogP contribution in [0.1, 0.15) is 0 Å². The van der Waals surface area contributed by atoms with Crippen LogP contribution in [0.3, 0.4) is 0 Å². The van der Waals surface area contributed by atoms with Gasteiger partial charge in [-0.3, -0.25) is 9.36 Å². The number of rotatable bonds is 2. The third-order valence-electron chi connectivity index (χ3n) is 3.94. The molecule has 6 heteroatoms. The number of thioether (sulfide) groups is 1. The van der Waals surface area contributed by atoms with Crippen LogP contribution >= 0.6 is 11.8 Å². The Balaban J connectivity index is 2.04. The summed E-state index contributed by atoms with van der Waals surface area (Å²) in [4.78, 5) is 18.4. The van der Waals surface area contributed by atoms with Crippen molar-refractivity contribution in [1.29, 1.82) is 0 Å². The molecule has 0 spiro atoms. The zero-order chi connectivity index (χ0) is 16.0. The molecule has 0 bridgehead atoms. The van der Waals surface area contributed by atoms with Gasteiger partial charge in [-0.05, 0) is 24.3 Å². The van der Waals surface area contributed by atoms with Crippen LogP contribution < -0.4 is 15.0 Å². The SMILES string of the molecule is COc1cc2c(cc1OC)-c1nc3ccccc3c(=O)n1CS2. The number of methoxy groups -OCH3 is 2. The number of aromatic nitrogens is 2. The molecule has 0 radical (unpaired) electrons. The minimum atomic E-state index is -0.0152. The fourth-order valence-electron chi connectivity index (χ4n) is 2.78. The van der Waals surface area contributed by atoms with E-state index in [1.807, 2.05) is 36.4 Å². The predicted molar refractivity (Wildman–Crippen MR) is 90.4 cm³/mol. The summed E-state index contributed by atoms with van der Waals surface area (Å²) in [6.07, 6.45) is 0. The molecule has 1 aliphatic heterocycles. The second-order valence-corrected chi connectivity index (χ2v) is 6.15. The van der Waals surface area contributed by atoms with Crippen molar-refractivity contribution in [3.05, 3.63) is 46.8 Å². The summed E-state index contributed by atoms with van der Waals surface area (Å²) < 4.78 is 12.5. The lowest BCUT2D eigenvalue weighted by Crippen LogP contribution is -2.24. The van der Waals surface area contributed by atoms with Crippen LogP contribution in [-0.2, 0) is 5.88 Å². The van der Waals surface area contributed by atoms with Crippen molar-refractivity contribution in [2.45, 2.75) is 10.8 Å². The summed E-state index contributed by atoms with van der Waals surface area (Å²) in [5.41, 5.74) is 1.58. The molecule has 2 heterocycles. The normalized spacial score (nSPS) is 12.6. The van der Waals surface area contributed by atoms with Crippen molar-refractivity contribution in [3.63, 3.8) is 0 Å². The van der Waals surface area contributed by atoms with Crippen LogP contribution in [0.2, 0.25) is 0 Å². The molecule has 0 amide bonds. The van der Waals surface area contributed by atoms with Gasteiger partial charge in [0.2, 0.25) is 0 Å². The number of ether oxygens (including phenoxy) is 2. The van der Waals surface area contributed by atoms with Gasteiger partial charge in [0.05, 0.1) is 31.0 Å². The van der Waals surface area contributed by atoms with Crippen molar-refractivity contribution in [2.24, 2.45) is 0 Å². The zero-order valence-electron chi connectivity index (χ0n) is 12.7. The maximum atomic E-state index is 12.7. The summed E-state index contributed by atoms with van der Waals surface area (Å²) in [6.45, 7) is 0.